The van der Waals surface area contributed by atoms with Crippen LogP contribution in [0.25, 0.3) is 11.3 Å². The standard InChI is InChI=1S/C19H24FN3/c1-18(2)7-9-19(20,10-8-18)6-5-15-17-14(4-3-11-22-17)16-12-21-13-23(15)16/h3-4,11-13,15H,5-10H2,1-2H3. The Morgan fingerprint density at radius 3 is 2.83 bits per heavy atom. The van der Waals surface area contributed by atoms with Crippen LogP contribution in [0.5, 0.6) is 0 Å². The molecule has 0 aromatic carbocycles. The van der Waals surface area contributed by atoms with E-state index in [9.17, 15) is 0 Å². The van der Waals surface area contributed by atoms with Crippen LogP contribution in [0.15, 0.2) is 30.9 Å². The van der Waals surface area contributed by atoms with Gasteiger partial charge in [-0.2, -0.15) is 0 Å². The smallest absolute Gasteiger partial charge is 0.111 e. The molecular weight excluding hydrogens is 289 g/mol. The Labute approximate surface area is 137 Å². The van der Waals surface area contributed by atoms with Crippen LogP contribution in [0, 0.1) is 5.41 Å². The average molecular weight is 313 g/mol. The average Bonchev–Trinajstić information content (AvgIpc) is 3.10. The second-order valence-electron chi connectivity index (χ2n) is 7.99. The van der Waals surface area contributed by atoms with Crippen LogP contribution in [0.3, 0.4) is 0 Å². The zero-order valence-electron chi connectivity index (χ0n) is 13.9. The van der Waals surface area contributed by atoms with Gasteiger partial charge in [0.15, 0.2) is 0 Å². The Morgan fingerprint density at radius 1 is 1.26 bits per heavy atom. The Hall–Kier alpha value is -1.71. The van der Waals surface area contributed by atoms with E-state index in [2.05, 4.69) is 34.4 Å². The molecule has 0 bridgehead atoms. The van der Waals surface area contributed by atoms with Gasteiger partial charge < -0.3 is 4.57 Å². The first-order valence-electron chi connectivity index (χ1n) is 8.64. The third-order valence-electron chi connectivity index (χ3n) is 5.80. The first-order chi connectivity index (χ1) is 11.0. The summed E-state index contributed by atoms with van der Waals surface area (Å²) < 4.78 is 17.4. The number of rotatable bonds is 3. The first kappa shape index (κ1) is 14.9. The van der Waals surface area contributed by atoms with Crippen molar-refractivity contribution in [3.63, 3.8) is 0 Å². The zero-order chi connectivity index (χ0) is 16.1. The van der Waals surface area contributed by atoms with Crippen molar-refractivity contribution >= 4 is 0 Å². The lowest BCUT2D eigenvalue weighted by molar-refractivity contribution is 0.0429. The Bertz CT molecular complexity index is 709. The van der Waals surface area contributed by atoms with E-state index in [0.717, 1.165) is 36.2 Å². The summed E-state index contributed by atoms with van der Waals surface area (Å²) in [5.74, 6) is 0. The van der Waals surface area contributed by atoms with Gasteiger partial charge in [0.25, 0.3) is 0 Å². The number of aromatic nitrogens is 3. The summed E-state index contributed by atoms with van der Waals surface area (Å²) in [5, 5.41) is 0. The van der Waals surface area contributed by atoms with Gasteiger partial charge in [0.05, 0.1) is 30.0 Å². The van der Waals surface area contributed by atoms with Gasteiger partial charge in [0, 0.05) is 11.8 Å². The molecule has 1 aliphatic carbocycles. The van der Waals surface area contributed by atoms with Crippen molar-refractivity contribution in [2.24, 2.45) is 5.41 Å². The molecule has 0 spiro atoms. The van der Waals surface area contributed by atoms with Gasteiger partial charge in [-0.3, -0.25) is 4.98 Å². The Kier molecular flexibility index (Phi) is 3.33. The molecule has 0 amide bonds. The molecule has 2 aromatic heterocycles. The topological polar surface area (TPSA) is 30.7 Å². The number of halogens is 1. The van der Waals surface area contributed by atoms with Crippen LogP contribution >= 0.6 is 0 Å². The summed E-state index contributed by atoms with van der Waals surface area (Å²) in [5.41, 5.74) is 2.62. The van der Waals surface area contributed by atoms with Crippen molar-refractivity contribution in [1.82, 2.24) is 14.5 Å². The van der Waals surface area contributed by atoms with Crippen molar-refractivity contribution in [3.05, 3.63) is 36.5 Å². The van der Waals surface area contributed by atoms with Crippen LogP contribution in [0.2, 0.25) is 0 Å². The lowest BCUT2D eigenvalue weighted by Gasteiger charge is -2.39. The van der Waals surface area contributed by atoms with Crippen molar-refractivity contribution in [1.29, 1.82) is 0 Å². The van der Waals surface area contributed by atoms with E-state index in [4.69, 9.17) is 0 Å². The normalized spacial score (nSPS) is 24.2. The van der Waals surface area contributed by atoms with E-state index >= 15 is 4.39 Å². The molecule has 2 aliphatic rings. The minimum atomic E-state index is -1.01. The molecule has 3 heterocycles. The van der Waals surface area contributed by atoms with E-state index in [1.165, 1.54) is 0 Å². The second kappa shape index (κ2) is 5.15. The van der Waals surface area contributed by atoms with Gasteiger partial charge in [-0.15, -0.1) is 0 Å². The number of pyridine rings is 1. The van der Waals surface area contributed by atoms with E-state index in [1.54, 1.807) is 0 Å². The van der Waals surface area contributed by atoms with Gasteiger partial charge >= 0.3 is 0 Å². The number of imidazole rings is 1. The predicted octanol–water partition coefficient (Wildman–Crippen LogP) is 4.94. The Morgan fingerprint density at radius 2 is 2.04 bits per heavy atom. The van der Waals surface area contributed by atoms with Crippen molar-refractivity contribution in [3.8, 4) is 11.3 Å². The predicted molar refractivity (Wildman–Crippen MR) is 88.9 cm³/mol. The van der Waals surface area contributed by atoms with E-state index in [0.29, 0.717) is 24.7 Å². The molecule has 23 heavy (non-hydrogen) atoms. The maximum atomic E-state index is 15.2. The zero-order valence-corrected chi connectivity index (χ0v) is 13.9. The molecule has 4 rings (SSSR count). The number of fused-ring (bicyclic) bond motifs is 3. The van der Waals surface area contributed by atoms with E-state index in [1.807, 2.05) is 24.8 Å². The highest BCUT2D eigenvalue weighted by molar-refractivity contribution is 5.66. The molecule has 1 fully saturated rings. The molecule has 1 atom stereocenters. The third kappa shape index (κ3) is 2.58. The summed E-state index contributed by atoms with van der Waals surface area (Å²) in [6.45, 7) is 4.50. The van der Waals surface area contributed by atoms with Crippen molar-refractivity contribution < 1.29 is 4.39 Å². The molecule has 0 N–H and O–H groups in total. The van der Waals surface area contributed by atoms with Crippen molar-refractivity contribution in [2.45, 2.75) is 64.1 Å². The van der Waals surface area contributed by atoms with E-state index < -0.39 is 5.67 Å². The monoisotopic (exact) mass is 313 g/mol. The molecule has 0 radical (unpaired) electrons. The number of nitrogens with zero attached hydrogens (tertiary/aromatic N) is 3. The molecule has 122 valence electrons. The van der Waals surface area contributed by atoms with Crippen LogP contribution < -0.4 is 0 Å². The summed E-state index contributed by atoms with van der Waals surface area (Å²) in [6.07, 6.45) is 10.3. The van der Waals surface area contributed by atoms with Gasteiger partial charge in [-0.1, -0.05) is 13.8 Å². The van der Waals surface area contributed by atoms with Gasteiger partial charge in [-0.05, 0) is 56.1 Å². The fourth-order valence-electron chi connectivity index (χ4n) is 4.09. The Balaban J connectivity index is 1.52. The SMILES string of the molecule is CC1(C)CCC(F)(CCC2c3ncccc3-c3cncn32)CC1. The summed E-state index contributed by atoms with van der Waals surface area (Å²) in [4.78, 5) is 8.83. The molecule has 1 aliphatic heterocycles. The fourth-order valence-corrected chi connectivity index (χ4v) is 4.09. The van der Waals surface area contributed by atoms with Crippen LogP contribution in [0.4, 0.5) is 4.39 Å². The molecular formula is C19H24FN3. The maximum absolute atomic E-state index is 15.2. The molecule has 3 nitrogen and oxygen atoms in total. The van der Waals surface area contributed by atoms with Crippen LogP contribution in [0.1, 0.15) is 64.1 Å². The number of alkyl halides is 1. The highest BCUT2D eigenvalue weighted by Gasteiger charge is 2.40. The third-order valence-corrected chi connectivity index (χ3v) is 5.80. The highest BCUT2D eigenvalue weighted by atomic mass is 19.1. The lowest BCUT2D eigenvalue weighted by Crippen LogP contribution is -2.33. The highest BCUT2D eigenvalue weighted by Crippen LogP contribution is 2.47. The van der Waals surface area contributed by atoms with Gasteiger partial charge in [0.2, 0.25) is 0 Å². The van der Waals surface area contributed by atoms with E-state index in [-0.39, 0.29) is 6.04 Å². The minimum absolute atomic E-state index is 0.131. The second-order valence-corrected chi connectivity index (χ2v) is 7.99. The molecule has 1 unspecified atom stereocenters. The molecule has 2 aromatic rings. The molecule has 4 heteroatoms. The fraction of sp³-hybridized carbons (Fsp3) is 0.579. The number of hydrogen-bond acceptors (Lipinski definition) is 2. The number of hydrogen-bond donors (Lipinski definition) is 0. The largest absolute Gasteiger partial charge is 0.321 e. The summed E-state index contributed by atoms with van der Waals surface area (Å²) in [7, 11) is 0. The van der Waals surface area contributed by atoms with Crippen LogP contribution in [-0.4, -0.2) is 20.2 Å². The van der Waals surface area contributed by atoms with Crippen LogP contribution in [-0.2, 0) is 0 Å². The summed E-state index contributed by atoms with van der Waals surface area (Å²) in [6, 6.07) is 4.18. The minimum Gasteiger partial charge on any atom is -0.321 e. The molecule has 1 saturated carbocycles. The first-order valence-corrected chi connectivity index (χ1v) is 8.64. The van der Waals surface area contributed by atoms with Crippen molar-refractivity contribution in [2.75, 3.05) is 0 Å². The summed E-state index contributed by atoms with van der Waals surface area (Å²) >= 11 is 0. The maximum Gasteiger partial charge on any atom is 0.111 e. The molecule has 0 saturated heterocycles. The van der Waals surface area contributed by atoms with Gasteiger partial charge in [0.1, 0.15) is 5.67 Å². The van der Waals surface area contributed by atoms with Gasteiger partial charge in [-0.25, -0.2) is 9.37 Å². The quantitative estimate of drug-likeness (QED) is 0.804. The lowest BCUT2D eigenvalue weighted by atomic mass is 9.70.